The first-order chi connectivity index (χ1) is 37.2. The molecule has 1 unspecified atom stereocenters. The quantitative estimate of drug-likeness (QED) is 0.0452. The van der Waals surface area contributed by atoms with Crippen molar-refractivity contribution < 1.29 is 33.6 Å². The molecule has 8 rings (SSSR count). The summed E-state index contributed by atoms with van der Waals surface area (Å²) in [4.78, 5) is 77.0. The summed E-state index contributed by atoms with van der Waals surface area (Å²) in [5.41, 5.74) is 6.42. The van der Waals surface area contributed by atoms with E-state index in [0.717, 1.165) is 79.5 Å². The number of hydrogen-bond acceptors (Lipinski definition) is 16. The Bertz CT molecular complexity index is 2950. The molecule has 3 aliphatic heterocycles. The zero-order valence-corrected chi connectivity index (χ0v) is 48.1. The number of nitrogens with one attached hydrogen (secondary N) is 5. The Morgan fingerprint density at radius 3 is 2.21 bits per heavy atom. The van der Waals surface area contributed by atoms with Crippen molar-refractivity contribution in [2.24, 2.45) is 5.41 Å². The summed E-state index contributed by atoms with van der Waals surface area (Å²) >= 11 is 8.06. The number of hydrogen-bond donors (Lipinski definition) is 6. The normalized spacial score (nSPS) is 18.1. The van der Waals surface area contributed by atoms with Crippen LogP contribution in [0.25, 0.3) is 10.4 Å². The molecule has 418 valence electrons. The molecule has 5 aromatic rings. The molecule has 4 amide bonds. The Labute approximate surface area is 466 Å². The molecule has 3 atom stereocenters. The molecule has 5 heterocycles. The fraction of sp³-hybridized carbons (Fsp3) is 0.482. The average Bonchev–Trinajstić information content (AvgIpc) is 4.10. The minimum absolute atomic E-state index is 0.00827. The SMILES string of the molecule is COc1cc(N2CCC(NC(=O)CCN3CCN(CCC(=O)NC(C(=O)N4C[C@H](O)C[C@H]4C(=O)NCc4ccc(-c5scnc5C)cc4)C(C)(C)C)CC3)CC2)ccc1Nc1ncc(Cl)c(Nc2ccccc2P(C)(C)=O)n1. The molecule has 0 radical (unpaired) electrons. The van der Waals surface area contributed by atoms with Gasteiger partial charge in [-0.15, -0.1) is 11.3 Å². The van der Waals surface area contributed by atoms with Gasteiger partial charge in [0.25, 0.3) is 0 Å². The number of aliphatic hydroxyl groups is 1. The third-order valence-corrected chi connectivity index (χ3v) is 17.4. The molecule has 0 saturated carbocycles. The molecule has 19 nitrogen and oxygen atoms in total. The molecule has 78 heavy (non-hydrogen) atoms. The monoisotopic (exact) mass is 1120 g/mol. The number of methoxy groups -OCH3 is 1. The first kappa shape index (κ1) is 58.0. The summed E-state index contributed by atoms with van der Waals surface area (Å²) in [6, 6.07) is 19.5. The van der Waals surface area contributed by atoms with Gasteiger partial charge in [-0.05, 0) is 73.9 Å². The summed E-state index contributed by atoms with van der Waals surface area (Å²) in [5, 5.41) is 27.4. The second-order valence-electron chi connectivity index (χ2n) is 21.8. The number of aliphatic hydroxyl groups excluding tert-OH is 1. The Balaban J connectivity index is 0.731. The highest BCUT2D eigenvalue weighted by molar-refractivity contribution is 7.70. The highest BCUT2D eigenvalue weighted by atomic mass is 35.5. The lowest BCUT2D eigenvalue weighted by Gasteiger charge is -2.36. The maximum absolute atomic E-state index is 14.2. The summed E-state index contributed by atoms with van der Waals surface area (Å²) in [5.74, 6) is 0.333. The number of amides is 4. The first-order valence-corrected chi connectivity index (χ1v) is 30.5. The van der Waals surface area contributed by atoms with Crippen molar-refractivity contribution >= 4 is 87.8 Å². The van der Waals surface area contributed by atoms with Crippen molar-refractivity contribution in [1.82, 2.24) is 45.6 Å². The number of likely N-dealkylation sites (tertiary alicyclic amines) is 1. The predicted molar refractivity (Wildman–Crippen MR) is 309 cm³/mol. The Kier molecular flexibility index (Phi) is 19.2. The molecule has 0 aliphatic carbocycles. The molecule has 3 saturated heterocycles. The van der Waals surface area contributed by atoms with Crippen LogP contribution in [0.2, 0.25) is 5.02 Å². The van der Waals surface area contributed by atoms with Gasteiger partial charge in [0.05, 0.1) is 46.9 Å². The number of piperazine rings is 1. The molecular weight excluding hydrogens is 1050 g/mol. The van der Waals surface area contributed by atoms with Gasteiger partial charge in [0.2, 0.25) is 29.6 Å². The van der Waals surface area contributed by atoms with Gasteiger partial charge in [-0.2, -0.15) is 4.98 Å². The van der Waals surface area contributed by atoms with Crippen LogP contribution in [0.4, 0.5) is 28.8 Å². The van der Waals surface area contributed by atoms with E-state index in [-0.39, 0.29) is 55.6 Å². The van der Waals surface area contributed by atoms with E-state index in [9.17, 15) is 28.8 Å². The number of ether oxygens (including phenoxy) is 1. The van der Waals surface area contributed by atoms with Crippen LogP contribution in [0.3, 0.4) is 0 Å². The van der Waals surface area contributed by atoms with Crippen molar-refractivity contribution in [3.8, 4) is 16.2 Å². The summed E-state index contributed by atoms with van der Waals surface area (Å²) in [6.07, 6.45) is 2.97. The summed E-state index contributed by atoms with van der Waals surface area (Å²) in [6.45, 7) is 17.1. The third kappa shape index (κ3) is 15.1. The largest absolute Gasteiger partial charge is 0.494 e. The van der Waals surface area contributed by atoms with Crippen LogP contribution in [0, 0.1) is 12.3 Å². The molecule has 0 spiro atoms. The first-order valence-electron chi connectivity index (χ1n) is 26.7. The molecule has 22 heteroatoms. The van der Waals surface area contributed by atoms with Crippen LogP contribution in [0.15, 0.2) is 78.4 Å². The van der Waals surface area contributed by atoms with Gasteiger partial charge in [-0.3, -0.25) is 19.2 Å². The third-order valence-electron chi connectivity index (χ3n) is 14.6. The van der Waals surface area contributed by atoms with E-state index in [0.29, 0.717) is 58.7 Å². The number of nitrogens with zero attached hydrogens (tertiary/aromatic N) is 7. The van der Waals surface area contributed by atoms with E-state index in [1.807, 2.05) is 99.9 Å². The number of para-hydroxylation sites is 1. The van der Waals surface area contributed by atoms with Gasteiger partial charge in [0.1, 0.15) is 30.0 Å². The van der Waals surface area contributed by atoms with E-state index in [1.165, 1.54) is 11.1 Å². The number of rotatable bonds is 20. The molecular formula is C56H74ClN12O7PS. The van der Waals surface area contributed by atoms with E-state index < -0.39 is 30.7 Å². The number of anilines is 5. The Hall–Kier alpha value is -6.15. The Morgan fingerprint density at radius 2 is 1.56 bits per heavy atom. The Morgan fingerprint density at radius 1 is 0.885 bits per heavy atom. The van der Waals surface area contributed by atoms with Crippen LogP contribution in [-0.2, 0) is 30.3 Å². The summed E-state index contributed by atoms with van der Waals surface area (Å²) in [7, 11) is -0.965. The lowest BCUT2D eigenvalue weighted by molar-refractivity contribution is -0.144. The van der Waals surface area contributed by atoms with Crippen molar-refractivity contribution in [3.63, 3.8) is 0 Å². The van der Waals surface area contributed by atoms with Crippen molar-refractivity contribution in [1.29, 1.82) is 0 Å². The van der Waals surface area contributed by atoms with E-state index in [4.69, 9.17) is 16.3 Å². The number of halogens is 1. The maximum atomic E-state index is 14.2. The van der Waals surface area contributed by atoms with Crippen LogP contribution in [0.5, 0.6) is 5.75 Å². The van der Waals surface area contributed by atoms with Crippen molar-refractivity contribution in [3.05, 3.63) is 94.7 Å². The molecule has 3 fully saturated rings. The number of aryl methyl sites for hydroxylation is 1. The van der Waals surface area contributed by atoms with Gasteiger partial charge in [0, 0.05) is 108 Å². The number of thiazole rings is 1. The van der Waals surface area contributed by atoms with E-state index >= 15 is 0 Å². The lowest BCUT2D eigenvalue weighted by Crippen LogP contribution is -2.58. The topological polar surface area (TPSA) is 227 Å². The second kappa shape index (κ2) is 25.8. The van der Waals surface area contributed by atoms with Gasteiger partial charge in [-0.1, -0.05) is 68.8 Å². The van der Waals surface area contributed by atoms with Gasteiger partial charge in [-0.25, -0.2) is 9.97 Å². The zero-order chi connectivity index (χ0) is 55.7. The minimum atomic E-state index is -2.58. The van der Waals surface area contributed by atoms with Crippen LogP contribution < -0.4 is 41.5 Å². The highest BCUT2D eigenvalue weighted by Crippen LogP contribution is 2.39. The molecule has 3 aromatic carbocycles. The van der Waals surface area contributed by atoms with Crippen molar-refractivity contribution in [2.75, 3.05) is 94.9 Å². The maximum Gasteiger partial charge on any atom is 0.246 e. The summed E-state index contributed by atoms with van der Waals surface area (Å²) < 4.78 is 18.7. The van der Waals surface area contributed by atoms with E-state index in [1.54, 1.807) is 31.8 Å². The number of carbonyl (C=O) groups is 4. The molecule has 0 bridgehead atoms. The minimum Gasteiger partial charge on any atom is -0.494 e. The smallest absolute Gasteiger partial charge is 0.246 e. The van der Waals surface area contributed by atoms with Crippen LogP contribution in [0.1, 0.15) is 64.1 Å². The number of benzene rings is 3. The fourth-order valence-electron chi connectivity index (χ4n) is 10.1. The number of β-amino-alcohol motifs (C(OH)–C–C–N with tert-alkyl or cyclic N) is 1. The lowest BCUT2D eigenvalue weighted by atomic mass is 9.85. The number of aromatic nitrogens is 3. The van der Waals surface area contributed by atoms with Gasteiger partial charge < -0.3 is 60.6 Å². The average molecular weight is 1130 g/mol. The number of carbonyl (C=O) groups excluding carboxylic acids is 4. The van der Waals surface area contributed by atoms with E-state index in [2.05, 4.69) is 56.2 Å². The van der Waals surface area contributed by atoms with Crippen molar-refractivity contribution in [2.45, 2.75) is 90.6 Å². The molecule has 6 N–H and O–H groups in total. The standard InChI is InChI=1S/C56H74ClN12O7PS/c1-36-50(78-35-60-36)38-14-12-37(13-15-38)32-58-53(73)45-31-41(70)34-69(45)54(74)51(56(2,3)4)64-49(72)21-23-67-28-26-66(27-29-67)22-20-48(71)61-39-18-24-68(25-19-39)40-16-17-43(46(30-40)76-5)63-55-59-33-42(57)52(65-55)62-44-10-8-9-11-47(44)77(6,7)75/h8-17,30,33,35,39,41,45,51,70H,18-29,31-32,34H2,1-7H3,(H,58,73)(H,61,71)(H,64,72)(H2,59,62,63,65)/t41-,45+,51?/m1/s1. The second-order valence-corrected chi connectivity index (χ2v) is 26.3. The highest BCUT2D eigenvalue weighted by Gasteiger charge is 2.44. The van der Waals surface area contributed by atoms with Crippen LogP contribution in [-0.4, -0.2) is 162 Å². The van der Waals surface area contributed by atoms with Gasteiger partial charge >= 0.3 is 0 Å². The van der Waals surface area contributed by atoms with Crippen LogP contribution >= 0.6 is 30.1 Å². The molecule has 3 aliphatic rings. The number of piperidine rings is 1. The predicted octanol–water partition coefficient (Wildman–Crippen LogP) is 6.60. The molecule has 2 aromatic heterocycles. The fourth-order valence-corrected chi connectivity index (χ4v) is 12.2. The zero-order valence-electron chi connectivity index (χ0n) is 45.7. The van der Waals surface area contributed by atoms with Gasteiger partial charge in [0.15, 0.2) is 5.82 Å².